The molecule has 0 bridgehead atoms. The molecule has 1 unspecified atom stereocenters. The maximum absolute atomic E-state index is 13.1. The van der Waals surface area contributed by atoms with E-state index in [4.69, 9.17) is 4.42 Å². The van der Waals surface area contributed by atoms with E-state index in [1.807, 2.05) is 24.0 Å². The Morgan fingerprint density at radius 1 is 1.42 bits per heavy atom. The van der Waals surface area contributed by atoms with Gasteiger partial charge in [0.05, 0.1) is 23.1 Å². The van der Waals surface area contributed by atoms with Gasteiger partial charge in [-0.3, -0.25) is 4.79 Å². The van der Waals surface area contributed by atoms with Crippen LogP contribution in [0.4, 0.5) is 5.82 Å². The highest BCUT2D eigenvalue weighted by atomic mass is 32.1. The summed E-state index contributed by atoms with van der Waals surface area (Å²) in [6.45, 7) is 5.50. The van der Waals surface area contributed by atoms with E-state index in [1.165, 1.54) is 17.8 Å². The molecule has 4 rings (SSSR count). The van der Waals surface area contributed by atoms with Crippen LogP contribution >= 0.6 is 11.3 Å². The lowest BCUT2D eigenvalue weighted by Gasteiger charge is -2.33. The standard InChI is InChI=1S/C19H22N4O2S/c1-12-6-3-4-8-23(12)19(24)16-13(2)15-17(21-11-22-18(15)26-16)20-10-14-7-5-9-25-14/h5,7,9,11-12H,3-4,6,8,10H2,1-2H3,(H,20,21,22). The third-order valence-electron chi connectivity index (χ3n) is 5.00. The Kier molecular flexibility index (Phi) is 4.63. The molecule has 1 N–H and O–H groups in total. The van der Waals surface area contributed by atoms with Gasteiger partial charge in [-0.25, -0.2) is 9.97 Å². The van der Waals surface area contributed by atoms with Crippen molar-refractivity contribution in [3.8, 4) is 0 Å². The first-order valence-corrected chi connectivity index (χ1v) is 9.78. The Morgan fingerprint density at radius 3 is 3.08 bits per heavy atom. The molecule has 7 heteroatoms. The van der Waals surface area contributed by atoms with Crippen molar-refractivity contribution in [1.29, 1.82) is 0 Å². The summed E-state index contributed by atoms with van der Waals surface area (Å²) in [6, 6.07) is 4.07. The van der Waals surface area contributed by atoms with Gasteiger partial charge in [-0.15, -0.1) is 11.3 Å². The summed E-state index contributed by atoms with van der Waals surface area (Å²) in [5.74, 6) is 1.70. The van der Waals surface area contributed by atoms with Crippen LogP contribution in [0.15, 0.2) is 29.1 Å². The number of furan rings is 1. The maximum Gasteiger partial charge on any atom is 0.264 e. The molecule has 0 spiro atoms. The van der Waals surface area contributed by atoms with Gasteiger partial charge in [0.25, 0.3) is 5.91 Å². The van der Waals surface area contributed by atoms with Crippen molar-refractivity contribution in [1.82, 2.24) is 14.9 Å². The Labute approximate surface area is 156 Å². The zero-order valence-electron chi connectivity index (χ0n) is 15.0. The molecule has 0 radical (unpaired) electrons. The minimum atomic E-state index is 0.120. The van der Waals surface area contributed by atoms with E-state index in [9.17, 15) is 4.79 Å². The molecule has 0 aliphatic carbocycles. The van der Waals surface area contributed by atoms with Crippen LogP contribution in [-0.2, 0) is 6.54 Å². The number of thiophene rings is 1. The normalized spacial score (nSPS) is 17.6. The predicted molar refractivity (Wildman–Crippen MR) is 103 cm³/mol. The summed E-state index contributed by atoms with van der Waals surface area (Å²) >= 11 is 1.46. The van der Waals surface area contributed by atoms with Crippen LogP contribution in [0.25, 0.3) is 10.2 Å². The van der Waals surface area contributed by atoms with Gasteiger partial charge in [-0.05, 0) is 50.8 Å². The van der Waals surface area contributed by atoms with Gasteiger partial charge in [0, 0.05) is 12.6 Å². The van der Waals surface area contributed by atoms with Gasteiger partial charge in [0.2, 0.25) is 0 Å². The van der Waals surface area contributed by atoms with Crippen LogP contribution < -0.4 is 5.32 Å². The fraction of sp³-hybridized carbons (Fsp3) is 0.421. The van der Waals surface area contributed by atoms with Gasteiger partial charge in [-0.2, -0.15) is 0 Å². The number of piperidine rings is 1. The molecule has 4 heterocycles. The molecule has 1 saturated heterocycles. The first kappa shape index (κ1) is 17.0. The van der Waals surface area contributed by atoms with Crippen LogP contribution in [0.5, 0.6) is 0 Å². The molecular weight excluding hydrogens is 348 g/mol. The van der Waals surface area contributed by atoms with Gasteiger partial charge < -0.3 is 14.6 Å². The molecule has 1 amide bonds. The van der Waals surface area contributed by atoms with Crippen molar-refractivity contribution in [2.24, 2.45) is 0 Å². The predicted octanol–water partition coefficient (Wildman–Crippen LogP) is 4.22. The van der Waals surface area contributed by atoms with Crippen LogP contribution in [0.3, 0.4) is 0 Å². The molecule has 0 aromatic carbocycles. The van der Waals surface area contributed by atoms with Crippen molar-refractivity contribution >= 4 is 33.3 Å². The summed E-state index contributed by atoms with van der Waals surface area (Å²) in [5, 5.41) is 4.24. The minimum absolute atomic E-state index is 0.120. The third-order valence-corrected chi connectivity index (χ3v) is 6.18. The quantitative estimate of drug-likeness (QED) is 0.744. The first-order chi connectivity index (χ1) is 12.6. The number of amides is 1. The number of aryl methyl sites for hydroxylation is 1. The molecule has 1 aliphatic rings. The van der Waals surface area contributed by atoms with Crippen molar-refractivity contribution in [2.75, 3.05) is 11.9 Å². The number of hydrogen-bond acceptors (Lipinski definition) is 6. The SMILES string of the molecule is Cc1c(C(=O)N2CCCCC2C)sc2ncnc(NCc3ccco3)c12. The van der Waals surface area contributed by atoms with Crippen LogP contribution in [0.1, 0.15) is 47.2 Å². The first-order valence-electron chi connectivity index (χ1n) is 8.96. The molecule has 3 aromatic heterocycles. The number of rotatable bonds is 4. The largest absolute Gasteiger partial charge is 0.467 e. The number of nitrogens with zero attached hydrogens (tertiary/aromatic N) is 3. The highest BCUT2D eigenvalue weighted by molar-refractivity contribution is 7.20. The fourth-order valence-corrected chi connectivity index (χ4v) is 4.63. The van der Waals surface area contributed by atoms with E-state index in [0.717, 1.165) is 51.6 Å². The minimum Gasteiger partial charge on any atom is -0.467 e. The fourth-order valence-electron chi connectivity index (χ4n) is 3.52. The number of fused-ring (bicyclic) bond motifs is 1. The van der Waals surface area contributed by atoms with Gasteiger partial charge >= 0.3 is 0 Å². The van der Waals surface area contributed by atoms with E-state index >= 15 is 0 Å². The second-order valence-corrected chi connectivity index (χ2v) is 7.73. The molecule has 1 atom stereocenters. The summed E-state index contributed by atoms with van der Waals surface area (Å²) in [6.07, 6.45) is 6.55. The zero-order valence-corrected chi connectivity index (χ0v) is 15.8. The average molecular weight is 370 g/mol. The number of carbonyl (C=O) groups excluding carboxylic acids is 1. The van der Waals surface area contributed by atoms with Crippen LogP contribution in [0, 0.1) is 6.92 Å². The van der Waals surface area contributed by atoms with Crippen molar-refractivity contribution in [2.45, 2.75) is 45.7 Å². The van der Waals surface area contributed by atoms with E-state index in [-0.39, 0.29) is 5.91 Å². The van der Waals surface area contributed by atoms with E-state index in [0.29, 0.717) is 12.6 Å². The smallest absolute Gasteiger partial charge is 0.264 e. The highest BCUT2D eigenvalue weighted by Gasteiger charge is 2.28. The molecule has 1 fully saturated rings. The Bertz CT molecular complexity index is 919. The number of anilines is 1. The number of aromatic nitrogens is 2. The third kappa shape index (κ3) is 3.07. The zero-order chi connectivity index (χ0) is 18.1. The molecular formula is C19H22N4O2S. The van der Waals surface area contributed by atoms with Crippen LogP contribution in [-0.4, -0.2) is 33.4 Å². The second kappa shape index (κ2) is 7.07. The molecule has 3 aromatic rings. The molecule has 1 aliphatic heterocycles. The number of nitrogens with one attached hydrogen (secondary N) is 1. The van der Waals surface area contributed by atoms with E-state index in [1.54, 1.807) is 12.6 Å². The molecule has 6 nitrogen and oxygen atoms in total. The van der Waals surface area contributed by atoms with Crippen molar-refractivity contribution < 1.29 is 9.21 Å². The summed E-state index contributed by atoms with van der Waals surface area (Å²) in [5.41, 5.74) is 0.954. The Morgan fingerprint density at radius 2 is 2.31 bits per heavy atom. The lowest BCUT2D eigenvalue weighted by Crippen LogP contribution is -2.41. The van der Waals surface area contributed by atoms with Crippen molar-refractivity contribution in [3.63, 3.8) is 0 Å². The summed E-state index contributed by atoms with van der Waals surface area (Å²) in [7, 11) is 0. The summed E-state index contributed by atoms with van der Waals surface area (Å²) in [4.78, 5) is 25.5. The Hall–Kier alpha value is -2.41. The molecule has 0 saturated carbocycles. The van der Waals surface area contributed by atoms with Gasteiger partial charge in [0.1, 0.15) is 22.7 Å². The van der Waals surface area contributed by atoms with Crippen molar-refractivity contribution in [3.05, 3.63) is 40.9 Å². The Balaban J connectivity index is 1.65. The maximum atomic E-state index is 13.1. The molecule has 136 valence electrons. The second-order valence-electron chi connectivity index (χ2n) is 6.73. The number of carbonyl (C=O) groups is 1. The monoisotopic (exact) mass is 370 g/mol. The average Bonchev–Trinajstić information content (AvgIpc) is 3.28. The summed E-state index contributed by atoms with van der Waals surface area (Å²) < 4.78 is 5.37. The van der Waals surface area contributed by atoms with Gasteiger partial charge in [-0.1, -0.05) is 0 Å². The highest BCUT2D eigenvalue weighted by Crippen LogP contribution is 2.35. The lowest BCUT2D eigenvalue weighted by molar-refractivity contribution is 0.0640. The molecule has 26 heavy (non-hydrogen) atoms. The van der Waals surface area contributed by atoms with E-state index in [2.05, 4.69) is 22.2 Å². The lowest BCUT2D eigenvalue weighted by atomic mass is 10.0. The number of likely N-dealkylation sites (tertiary alicyclic amines) is 1. The van der Waals surface area contributed by atoms with Crippen LogP contribution in [0.2, 0.25) is 0 Å². The number of hydrogen-bond donors (Lipinski definition) is 1. The van der Waals surface area contributed by atoms with E-state index < -0.39 is 0 Å². The van der Waals surface area contributed by atoms with Gasteiger partial charge in [0.15, 0.2) is 0 Å². The topological polar surface area (TPSA) is 71.3 Å².